The van der Waals surface area contributed by atoms with E-state index in [2.05, 4.69) is 24.2 Å². The third-order valence-electron chi connectivity index (χ3n) is 4.67. The van der Waals surface area contributed by atoms with E-state index < -0.39 is 0 Å². The molecule has 1 saturated heterocycles. The standard InChI is InChI=1S/C16H21N3O2/c1-10-8-12(6-7-18(10)2)17-11-4-5-13-14(9-11)16(21)19(3)15(13)20/h4-5,9-10,12,17H,6-8H2,1-3H3. The number of likely N-dealkylation sites (tertiary alicyclic amines) is 1. The highest BCUT2D eigenvalue weighted by Crippen LogP contribution is 2.26. The molecule has 2 atom stereocenters. The number of imide groups is 1. The predicted molar refractivity (Wildman–Crippen MR) is 81.6 cm³/mol. The first-order valence-corrected chi connectivity index (χ1v) is 7.40. The van der Waals surface area contributed by atoms with Gasteiger partial charge in [-0.3, -0.25) is 14.5 Å². The number of rotatable bonds is 2. The zero-order chi connectivity index (χ0) is 15.1. The van der Waals surface area contributed by atoms with E-state index in [4.69, 9.17) is 0 Å². The highest BCUT2D eigenvalue weighted by atomic mass is 16.2. The van der Waals surface area contributed by atoms with Crippen molar-refractivity contribution in [3.8, 4) is 0 Å². The van der Waals surface area contributed by atoms with Gasteiger partial charge in [-0.1, -0.05) is 0 Å². The molecule has 1 N–H and O–H groups in total. The Balaban J connectivity index is 1.77. The summed E-state index contributed by atoms with van der Waals surface area (Å²) in [6, 6.07) is 6.42. The molecule has 3 rings (SSSR count). The fraction of sp³-hybridized carbons (Fsp3) is 0.500. The molecule has 0 radical (unpaired) electrons. The van der Waals surface area contributed by atoms with Gasteiger partial charge in [-0.2, -0.15) is 0 Å². The van der Waals surface area contributed by atoms with E-state index in [0.717, 1.165) is 25.1 Å². The van der Waals surface area contributed by atoms with E-state index in [1.807, 2.05) is 12.1 Å². The van der Waals surface area contributed by atoms with E-state index >= 15 is 0 Å². The Bertz CT molecular complexity index is 599. The van der Waals surface area contributed by atoms with Gasteiger partial charge in [0.1, 0.15) is 0 Å². The number of carbonyl (C=O) groups is 2. The summed E-state index contributed by atoms with van der Waals surface area (Å²) in [7, 11) is 3.67. The summed E-state index contributed by atoms with van der Waals surface area (Å²) in [5.74, 6) is -0.426. The third kappa shape index (κ3) is 2.42. The number of hydrogen-bond donors (Lipinski definition) is 1. The normalized spacial score (nSPS) is 26.1. The number of piperidine rings is 1. The summed E-state index contributed by atoms with van der Waals surface area (Å²) in [6.45, 7) is 3.30. The van der Waals surface area contributed by atoms with Gasteiger partial charge in [0.2, 0.25) is 0 Å². The number of nitrogens with zero attached hydrogens (tertiary/aromatic N) is 2. The fourth-order valence-corrected chi connectivity index (χ4v) is 3.11. The lowest BCUT2D eigenvalue weighted by Gasteiger charge is -2.35. The summed E-state index contributed by atoms with van der Waals surface area (Å²) in [5.41, 5.74) is 1.94. The first-order chi connectivity index (χ1) is 9.97. The van der Waals surface area contributed by atoms with Crippen LogP contribution in [-0.4, -0.2) is 54.3 Å². The molecule has 2 aliphatic heterocycles. The van der Waals surface area contributed by atoms with Crippen LogP contribution in [0.3, 0.4) is 0 Å². The van der Waals surface area contributed by atoms with Gasteiger partial charge in [0.15, 0.2) is 0 Å². The molecule has 0 aliphatic carbocycles. The molecule has 21 heavy (non-hydrogen) atoms. The van der Waals surface area contributed by atoms with Gasteiger partial charge in [0.05, 0.1) is 11.1 Å². The van der Waals surface area contributed by atoms with E-state index in [0.29, 0.717) is 23.2 Å². The SMILES string of the molecule is CC1CC(Nc2ccc3c(c2)C(=O)N(C)C3=O)CCN1C. The average Bonchev–Trinajstić information content (AvgIpc) is 2.68. The number of carbonyl (C=O) groups excluding carboxylic acids is 2. The summed E-state index contributed by atoms with van der Waals surface area (Å²) in [4.78, 5) is 27.4. The number of hydrogen-bond acceptors (Lipinski definition) is 4. The monoisotopic (exact) mass is 287 g/mol. The van der Waals surface area contributed by atoms with E-state index in [9.17, 15) is 9.59 Å². The van der Waals surface area contributed by atoms with Gasteiger partial charge in [-0.15, -0.1) is 0 Å². The maximum Gasteiger partial charge on any atom is 0.261 e. The lowest BCUT2D eigenvalue weighted by molar-refractivity contribution is 0.0693. The summed E-state index contributed by atoms with van der Waals surface area (Å²) in [6.07, 6.45) is 2.17. The molecule has 0 saturated carbocycles. The second-order valence-corrected chi connectivity index (χ2v) is 6.12. The van der Waals surface area contributed by atoms with Crippen molar-refractivity contribution in [3.63, 3.8) is 0 Å². The van der Waals surface area contributed by atoms with Crippen LogP contribution in [0.5, 0.6) is 0 Å². The summed E-state index contributed by atoms with van der Waals surface area (Å²) < 4.78 is 0. The van der Waals surface area contributed by atoms with E-state index in [-0.39, 0.29) is 11.8 Å². The zero-order valence-corrected chi connectivity index (χ0v) is 12.7. The highest BCUT2D eigenvalue weighted by molar-refractivity contribution is 6.21. The van der Waals surface area contributed by atoms with Crippen molar-refractivity contribution in [2.45, 2.75) is 31.8 Å². The van der Waals surface area contributed by atoms with Crippen LogP contribution in [0.1, 0.15) is 40.5 Å². The molecule has 1 fully saturated rings. The van der Waals surface area contributed by atoms with Gasteiger partial charge >= 0.3 is 0 Å². The molecule has 2 amide bonds. The Morgan fingerprint density at radius 1 is 1.14 bits per heavy atom. The van der Waals surface area contributed by atoms with Crippen molar-refractivity contribution in [1.29, 1.82) is 0 Å². The molecule has 2 heterocycles. The fourth-order valence-electron chi connectivity index (χ4n) is 3.11. The lowest BCUT2D eigenvalue weighted by Crippen LogP contribution is -2.42. The van der Waals surface area contributed by atoms with E-state index in [1.165, 1.54) is 11.9 Å². The molecule has 2 unspecified atom stereocenters. The second-order valence-electron chi connectivity index (χ2n) is 6.12. The van der Waals surface area contributed by atoms with Crippen molar-refractivity contribution < 1.29 is 9.59 Å². The van der Waals surface area contributed by atoms with Crippen molar-refractivity contribution in [3.05, 3.63) is 29.3 Å². The minimum atomic E-state index is -0.213. The van der Waals surface area contributed by atoms with Crippen LogP contribution in [0.4, 0.5) is 5.69 Å². The topological polar surface area (TPSA) is 52.7 Å². The smallest absolute Gasteiger partial charge is 0.261 e. The Hall–Kier alpha value is -1.88. The molecule has 1 aromatic carbocycles. The van der Waals surface area contributed by atoms with Crippen molar-refractivity contribution in [2.24, 2.45) is 0 Å². The minimum absolute atomic E-state index is 0.213. The quantitative estimate of drug-likeness (QED) is 0.843. The van der Waals surface area contributed by atoms with Crippen molar-refractivity contribution in [2.75, 3.05) is 26.0 Å². The van der Waals surface area contributed by atoms with Crippen LogP contribution >= 0.6 is 0 Å². The Morgan fingerprint density at radius 3 is 2.57 bits per heavy atom. The van der Waals surface area contributed by atoms with Crippen LogP contribution in [0.2, 0.25) is 0 Å². The summed E-state index contributed by atoms with van der Waals surface area (Å²) >= 11 is 0. The van der Waals surface area contributed by atoms with Crippen molar-refractivity contribution in [1.82, 2.24) is 9.80 Å². The molecule has 0 spiro atoms. The van der Waals surface area contributed by atoms with Gasteiger partial charge < -0.3 is 10.2 Å². The highest BCUT2D eigenvalue weighted by Gasteiger charge is 2.33. The first-order valence-electron chi connectivity index (χ1n) is 7.40. The lowest BCUT2D eigenvalue weighted by atomic mass is 9.98. The molecule has 0 bridgehead atoms. The molecule has 0 aromatic heterocycles. The zero-order valence-electron chi connectivity index (χ0n) is 12.7. The number of amides is 2. The van der Waals surface area contributed by atoms with Gasteiger partial charge in [0.25, 0.3) is 11.8 Å². The van der Waals surface area contributed by atoms with Gasteiger partial charge in [-0.05, 0) is 45.0 Å². The molecule has 112 valence electrons. The maximum atomic E-state index is 12.0. The van der Waals surface area contributed by atoms with Crippen LogP contribution in [0, 0.1) is 0 Å². The Labute approximate surface area is 124 Å². The molecule has 5 heteroatoms. The average molecular weight is 287 g/mol. The third-order valence-corrected chi connectivity index (χ3v) is 4.67. The maximum absolute atomic E-state index is 12.0. The van der Waals surface area contributed by atoms with Gasteiger partial charge in [-0.25, -0.2) is 0 Å². The Kier molecular flexibility index (Phi) is 3.45. The molecule has 1 aromatic rings. The van der Waals surface area contributed by atoms with Crippen LogP contribution < -0.4 is 5.32 Å². The number of benzene rings is 1. The molecular formula is C16H21N3O2. The minimum Gasteiger partial charge on any atom is -0.382 e. The molecule has 5 nitrogen and oxygen atoms in total. The van der Waals surface area contributed by atoms with Crippen LogP contribution in [0.15, 0.2) is 18.2 Å². The second kappa shape index (κ2) is 5.15. The van der Waals surface area contributed by atoms with Crippen LogP contribution in [-0.2, 0) is 0 Å². The summed E-state index contributed by atoms with van der Waals surface area (Å²) in [5, 5.41) is 3.50. The van der Waals surface area contributed by atoms with E-state index in [1.54, 1.807) is 6.07 Å². The first kappa shape index (κ1) is 14.1. The number of anilines is 1. The molecule has 2 aliphatic rings. The van der Waals surface area contributed by atoms with Crippen molar-refractivity contribution >= 4 is 17.5 Å². The number of nitrogens with one attached hydrogen (secondary N) is 1. The predicted octanol–water partition coefficient (Wildman–Crippen LogP) is 1.81. The number of fused-ring (bicyclic) bond motifs is 1. The molecular weight excluding hydrogens is 266 g/mol. The largest absolute Gasteiger partial charge is 0.382 e. The Morgan fingerprint density at radius 2 is 1.86 bits per heavy atom. The van der Waals surface area contributed by atoms with Gasteiger partial charge in [0, 0.05) is 31.4 Å². The van der Waals surface area contributed by atoms with Crippen LogP contribution in [0.25, 0.3) is 0 Å².